The molecule has 0 amide bonds. The van der Waals surface area contributed by atoms with Gasteiger partial charge in [-0.05, 0) is 51.6 Å². The molecule has 0 spiro atoms. The molecule has 2 rings (SSSR count). The lowest BCUT2D eigenvalue weighted by Gasteiger charge is -2.31. The fraction of sp³-hybridized carbons (Fsp3) is 1.00. The van der Waals surface area contributed by atoms with E-state index in [-0.39, 0.29) is 0 Å². The van der Waals surface area contributed by atoms with Crippen molar-refractivity contribution in [3.8, 4) is 0 Å². The van der Waals surface area contributed by atoms with Crippen LogP contribution in [0, 0.1) is 5.92 Å². The molecule has 2 aliphatic rings. The normalized spacial score (nSPS) is 31.3. The number of nitrogens with zero attached hydrogens (tertiary/aromatic N) is 1. The lowest BCUT2D eigenvalue weighted by atomic mass is 10.0. The standard InChI is InChI=1S/C15H30N2O/c1-12(2)15(17-8-4-5-9-17)11-16-10-14-7-6-13(3)18-14/h12-16H,4-11H2,1-3H3. The van der Waals surface area contributed by atoms with Crippen molar-refractivity contribution in [3.05, 3.63) is 0 Å². The van der Waals surface area contributed by atoms with E-state index in [1.54, 1.807) is 0 Å². The summed E-state index contributed by atoms with van der Waals surface area (Å²) in [4.78, 5) is 2.66. The van der Waals surface area contributed by atoms with Gasteiger partial charge in [0.05, 0.1) is 12.2 Å². The Bertz CT molecular complexity index is 239. The Morgan fingerprint density at radius 3 is 2.50 bits per heavy atom. The zero-order chi connectivity index (χ0) is 13.0. The number of ether oxygens (including phenoxy) is 1. The third-order valence-corrected chi connectivity index (χ3v) is 4.42. The van der Waals surface area contributed by atoms with E-state index in [4.69, 9.17) is 4.74 Å². The van der Waals surface area contributed by atoms with E-state index in [1.165, 1.54) is 38.8 Å². The summed E-state index contributed by atoms with van der Waals surface area (Å²) >= 11 is 0. The minimum absolute atomic E-state index is 0.450. The van der Waals surface area contributed by atoms with Crippen molar-refractivity contribution >= 4 is 0 Å². The van der Waals surface area contributed by atoms with Gasteiger partial charge in [0.25, 0.3) is 0 Å². The van der Waals surface area contributed by atoms with Crippen molar-refractivity contribution in [2.75, 3.05) is 26.2 Å². The highest BCUT2D eigenvalue weighted by Gasteiger charge is 2.25. The fourth-order valence-electron chi connectivity index (χ4n) is 3.29. The van der Waals surface area contributed by atoms with Gasteiger partial charge in [-0.15, -0.1) is 0 Å². The molecule has 0 aromatic heterocycles. The highest BCUT2D eigenvalue weighted by molar-refractivity contribution is 4.81. The van der Waals surface area contributed by atoms with Crippen molar-refractivity contribution in [3.63, 3.8) is 0 Å². The lowest BCUT2D eigenvalue weighted by Crippen LogP contribution is -2.45. The van der Waals surface area contributed by atoms with Gasteiger partial charge in [0.1, 0.15) is 0 Å². The number of hydrogen-bond donors (Lipinski definition) is 1. The molecule has 0 bridgehead atoms. The van der Waals surface area contributed by atoms with Crippen LogP contribution in [-0.4, -0.2) is 49.3 Å². The van der Waals surface area contributed by atoms with Crippen LogP contribution in [0.2, 0.25) is 0 Å². The average molecular weight is 254 g/mol. The summed E-state index contributed by atoms with van der Waals surface area (Å²) in [6, 6.07) is 0.700. The van der Waals surface area contributed by atoms with Crippen LogP contribution in [0.4, 0.5) is 0 Å². The van der Waals surface area contributed by atoms with Crippen LogP contribution in [0.1, 0.15) is 46.5 Å². The summed E-state index contributed by atoms with van der Waals surface area (Å²) in [7, 11) is 0. The Hall–Kier alpha value is -0.120. The molecule has 0 aromatic carbocycles. The van der Waals surface area contributed by atoms with E-state index in [1.807, 2.05) is 0 Å². The Labute approximate surface area is 112 Å². The summed E-state index contributed by atoms with van der Waals surface area (Å²) in [6.45, 7) is 11.6. The van der Waals surface area contributed by atoms with Gasteiger partial charge in [-0.1, -0.05) is 13.8 Å². The Balaban J connectivity index is 1.69. The van der Waals surface area contributed by atoms with Gasteiger partial charge < -0.3 is 10.1 Å². The van der Waals surface area contributed by atoms with Crippen LogP contribution >= 0.6 is 0 Å². The second kappa shape index (κ2) is 6.88. The van der Waals surface area contributed by atoms with E-state index >= 15 is 0 Å². The molecule has 0 saturated carbocycles. The first-order chi connectivity index (χ1) is 8.66. The third kappa shape index (κ3) is 3.94. The summed E-state index contributed by atoms with van der Waals surface area (Å²) in [6.07, 6.45) is 6.14. The van der Waals surface area contributed by atoms with E-state index in [0.29, 0.717) is 18.2 Å². The maximum atomic E-state index is 5.85. The zero-order valence-electron chi connectivity index (χ0n) is 12.3. The summed E-state index contributed by atoms with van der Waals surface area (Å²) in [5.41, 5.74) is 0. The second-order valence-corrected chi connectivity index (χ2v) is 6.36. The van der Waals surface area contributed by atoms with Crippen LogP contribution in [0.25, 0.3) is 0 Å². The molecule has 0 aromatic rings. The van der Waals surface area contributed by atoms with Crippen LogP contribution < -0.4 is 5.32 Å². The van der Waals surface area contributed by atoms with Crippen molar-refractivity contribution in [2.24, 2.45) is 5.92 Å². The fourth-order valence-corrected chi connectivity index (χ4v) is 3.29. The molecular weight excluding hydrogens is 224 g/mol. The Morgan fingerprint density at radius 2 is 1.94 bits per heavy atom. The first-order valence-corrected chi connectivity index (χ1v) is 7.77. The molecule has 3 nitrogen and oxygen atoms in total. The second-order valence-electron chi connectivity index (χ2n) is 6.36. The summed E-state index contributed by atoms with van der Waals surface area (Å²) in [5, 5.41) is 3.64. The molecule has 2 heterocycles. The molecule has 2 fully saturated rings. The summed E-state index contributed by atoms with van der Waals surface area (Å²) in [5.74, 6) is 0.735. The minimum Gasteiger partial charge on any atom is -0.374 e. The first kappa shape index (κ1) is 14.3. The number of nitrogens with one attached hydrogen (secondary N) is 1. The van der Waals surface area contributed by atoms with Crippen molar-refractivity contribution in [2.45, 2.75) is 64.7 Å². The molecule has 1 N–H and O–H groups in total. The highest BCUT2D eigenvalue weighted by atomic mass is 16.5. The largest absolute Gasteiger partial charge is 0.374 e. The molecule has 3 heteroatoms. The van der Waals surface area contributed by atoms with Crippen LogP contribution in [0.3, 0.4) is 0 Å². The third-order valence-electron chi connectivity index (χ3n) is 4.42. The lowest BCUT2D eigenvalue weighted by molar-refractivity contribution is 0.0541. The van der Waals surface area contributed by atoms with Crippen LogP contribution in [0.5, 0.6) is 0 Å². The molecule has 2 saturated heterocycles. The van der Waals surface area contributed by atoms with Crippen molar-refractivity contribution < 1.29 is 4.74 Å². The minimum atomic E-state index is 0.450. The molecule has 3 unspecified atom stereocenters. The molecule has 106 valence electrons. The Kier molecular flexibility index (Phi) is 5.46. The van der Waals surface area contributed by atoms with Gasteiger partial charge in [0.2, 0.25) is 0 Å². The number of likely N-dealkylation sites (tertiary alicyclic amines) is 1. The monoisotopic (exact) mass is 254 g/mol. The topological polar surface area (TPSA) is 24.5 Å². The molecule has 2 aliphatic heterocycles. The predicted molar refractivity (Wildman–Crippen MR) is 75.9 cm³/mol. The van der Waals surface area contributed by atoms with Crippen LogP contribution in [-0.2, 0) is 4.74 Å². The molecular formula is C15H30N2O. The smallest absolute Gasteiger partial charge is 0.0704 e. The van der Waals surface area contributed by atoms with E-state index in [9.17, 15) is 0 Å². The van der Waals surface area contributed by atoms with Gasteiger partial charge in [0.15, 0.2) is 0 Å². The van der Waals surface area contributed by atoms with E-state index < -0.39 is 0 Å². The van der Waals surface area contributed by atoms with Gasteiger partial charge in [-0.25, -0.2) is 0 Å². The van der Waals surface area contributed by atoms with Crippen molar-refractivity contribution in [1.29, 1.82) is 0 Å². The quantitative estimate of drug-likeness (QED) is 0.787. The number of rotatable bonds is 6. The molecule has 0 radical (unpaired) electrons. The zero-order valence-corrected chi connectivity index (χ0v) is 12.3. The van der Waals surface area contributed by atoms with Gasteiger partial charge >= 0.3 is 0 Å². The number of hydrogen-bond acceptors (Lipinski definition) is 3. The van der Waals surface area contributed by atoms with E-state index in [0.717, 1.165) is 19.0 Å². The van der Waals surface area contributed by atoms with Gasteiger partial charge in [-0.2, -0.15) is 0 Å². The average Bonchev–Trinajstić information content (AvgIpc) is 2.95. The highest BCUT2D eigenvalue weighted by Crippen LogP contribution is 2.19. The first-order valence-electron chi connectivity index (χ1n) is 7.77. The maximum Gasteiger partial charge on any atom is 0.0704 e. The molecule has 18 heavy (non-hydrogen) atoms. The van der Waals surface area contributed by atoms with Gasteiger partial charge in [0, 0.05) is 19.1 Å². The Morgan fingerprint density at radius 1 is 1.22 bits per heavy atom. The SMILES string of the molecule is CC1CCC(CNCC(C(C)C)N2CCCC2)O1. The molecule has 0 aliphatic carbocycles. The van der Waals surface area contributed by atoms with Gasteiger partial charge in [-0.3, -0.25) is 4.90 Å². The van der Waals surface area contributed by atoms with Crippen LogP contribution in [0.15, 0.2) is 0 Å². The molecule has 3 atom stereocenters. The predicted octanol–water partition coefficient (Wildman–Crippen LogP) is 2.26. The van der Waals surface area contributed by atoms with E-state index in [2.05, 4.69) is 31.0 Å². The summed E-state index contributed by atoms with van der Waals surface area (Å²) < 4.78 is 5.85. The maximum absolute atomic E-state index is 5.85. The van der Waals surface area contributed by atoms with Crippen molar-refractivity contribution in [1.82, 2.24) is 10.2 Å².